The van der Waals surface area contributed by atoms with Gasteiger partial charge >= 0.3 is 5.22 Å². The highest BCUT2D eigenvalue weighted by Gasteiger charge is 2.24. The van der Waals surface area contributed by atoms with E-state index >= 15 is 0 Å². The van der Waals surface area contributed by atoms with Gasteiger partial charge in [-0.1, -0.05) is 53.1 Å². The molecule has 0 atom stereocenters. The molecule has 0 aliphatic heterocycles. The van der Waals surface area contributed by atoms with Crippen molar-refractivity contribution >= 4 is 27.3 Å². The first-order valence-electron chi connectivity index (χ1n) is 7.57. The van der Waals surface area contributed by atoms with Crippen molar-refractivity contribution in [3.63, 3.8) is 0 Å². The van der Waals surface area contributed by atoms with Gasteiger partial charge in [0.2, 0.25) is 15.7 Å². The Hall–Kier alpha value is -2.71. The van der Waals surface area contributed by atoms with Gasteiger partial charge < -0.3 is 9.73 Å². The third-order valence-corrected chi connectivity index (χ3v) is 5.21. The van der Waals surface area contributed by atoms with Crippen LogP contribution < -0.4 is 5.32 Å². The van der Waals surface area contributed by atoms with Crippen LogP contribution >= 0.6 is 11.6 Å². The Labute approximate surface area is 154 Å². The minimum atomic E-state index is -3.84. The number of nitrogens with one attached hydrogen (secondary N) is 1. The van der Waals surface area contributed by atoms with Gasteiger partial charge in [0.25, 0.3) is 5.91 Å². The molecular weight excluding hydrogens is 378 g/mol. The SMILES string of the molecule is O=C(NCc1nnc(S(=O)(=O)Cc2ccccc2Cl)o1)c1ccccc1. The van der Waals surface area contributed by atoms with Crippen molar-refractivity contribution < 1.29 is 17.6 Å². The number of benzene rings is 2. The minimum absolute atomic E-state index is 0.00739. The molecule has 0 radical (unpaired) electrons. The average molecular weight is 392 g/mol. The highest BCUT2D eigenvalue weighted by Crippen LogP contribution is 2.21. The molecule has 3 aromatic rings. The van der Waals surface area contributed by atoms with Gasteiger partial charge in [0.15, 0.2) is 0 Å². The van der Waals surface area contributed by atoms with Gasteiger partial charge in [-0.15, -0.1) is 5.10 Å². The molecule has 0 aliphatic carbocycles. The molecule has 1 N–H and O–H groups in total. The fraction of sp³-hybridized carbons (Fsp3) is 0.118. The number of hydrogen-bond acceptors (Lipinski definition) is 6. The van der Waals surface area contributed by atoms with Gasteiger partial charge in [-0.3, -0.25) is 4.79 Å². The maximum absolute atomic E-state index is 12.4. The Morgan fingerprint density at radius 1 is 1.04 bits per heavy atom. The molecule has 2 aromatic carbocycles. The molecule has 26 heavy (non-hydrogen) atoms. The predicted octanol–water partition coefficient (Wildman–Crippen LogP) is 2.63. The second-order valence-electron chi connectivity index (χ2n) is 5.36. The van der Waals surface area contributed by atoms with Crippen LogP contribution in [-0.2, 0) is 22.1 Å². The highest BCUT2D eigenvalue weighted by atomic mass is 35.5. The summed E-state index contributed by atoms with van der Waals surface area (Å²) in [6, 6.07) is 15.2. The standard InChI is InChI=1S/C17H14ClN3O4S/c18-14-9-5-4-8-13(14)11-26(23,24)17-21-20-15(25-17)10-19-16(22)12-6-2-1-3-7-12/h1-9H,10-11H2,(H,19,22). The molecule has 0 saturated carbocycles. The number of nitrogens with zero attached hydrogens (tertiary/aromatic N) is 2. The van der Waals surface area contributed by atoms with Crippen molar-refractivity contribution in [1.29, 1.82) is 0 Å². The summed E-state index contributed by atoms with van der Waals surface area (Å²) < 4.78 is 29.9. The number of halogens is 1. The smallest absolute Gasteiger partial charge is 0.335 e. The van der Waals surface area contributed by atoms with Crippen molar-refractivity contribution in [3.8, 4) is 0 Å². The van der Waals surface area contributed by atoms with Crippen LogP contribution in [-0.4, -0.2) is 24.5 Å². The highest BCUT2D eigenvalue weighted by molar-refractivity contribution is 7.90. The molecule has 0 saturated heterocycles. The Morgan fingerprint density at radius 3 is 2.46 bits per heavy atom. The molecule has 9 heteroatoms. The summed E-state index contributed by atoms with van der Waals surface area (Å²) in [5.74, 6) is -0.693. The zero-order valence-electron chi connectivity index (χ0n) is 13.4. The van der Waals surface area contributed by atoms with E-state index < -0.39 is 15.1 Å². The van der Waals surface area contributed by atoms with Crippen molar-refractivity contribution in [2.75, 3.05) is 0 Å². The number of carbonyl (C=O) groups excluding carboxylic acids is 1. The van der Waals surface area contributed by atoms with Gasteiger partial charge in [0, 0.05) is 10.6 Å². The van der Waals surface area contributed by atoms with Gasteiger partial charge in [0.05, 0.1) is 12.3 Å². The number of sulfone groups is 1. The average Bonchev–Trinajstić information content (AvgIpc) is 3.12. The molecule has 1 amide bonds. The van der Waals surface area contributed by atoms with Crippen LogP contribution in [0.15, 0.2) is 64.2 Å². The van der Waals surface area contributed by atoms with E-state index in [1.54, 1.807) is 54.6 Å². The van der Waals surface area contributed by atoms with Crippen LogP contribution in [0.1, 0.15) is 21.8 Å². The lowest BCUT2D eigenvalue weighted by Gasteiger charge is -2.03. The topological polar surface area (TPSA) is 102 Å². The summed E-state index contributed by atoms with van der Waals surface area (Å²) >= 11 is 5.99. The van der Waals surface area contributed by atoms with Crippen LogP contribution in [0, 0.1) is 0 Å². The van der Waals surface area contributed by atoms with E-state index in [-0.39, 0.29) is 24.1 Å². The van der Waals surface area contributed by atoms with Crippen molar-refractivity contribution in [2.24, 2.45) is 0 Å². The Bertz CT molecular complexity index is 1020. The summed E-state index contributed by atoms with van der Waals surface area (Å²) in [6.07, 6.45) is 0. The normalized spacial score (nSPS) is 11.3. The summed E-state index contributed by atoms with van der Waals surface area (Å²) in [5.41, 5.74) is 0.907. The van der Waals surface area contributed by atoms with E-state index in [0.717, 1.165) is 0 Å². The van der Waals surface area contributed by atoms with Gasteiger partial charge in [-0.25, -0.2) is 8.42 Å². The van der Waals surface area contributed by atoms with E-state index in [9.17, 15) is 13.2 Å². The first-order chi connectivity index (χ1) is 12.5. The maximum Gasteiger partial charge on any atom is 0.335 e. The van der Waals surface area contributed by atoms with Gasteiger partial charge in [-0.05, 0) is 23.8 Å². The van der Waals surface area contributed by atoms with Crippen molar-refractivity contribution in [1.82, 2.24) is 15.5 Å². The lowest BCUT2D eigenvalue weighted by Crippen LogP contribution is -2.22. The second-order valence-corrected chi connectivity index (χ2v) is 7.64. The molecule has 7 nitrogen and oxygen atoms in total. The summed E-state index contributed by atoms with van der Waals surface area (Å²) in [7, 11) is -3.84. The Kier molecular flexibility index (Phi) is 5.34. The van der Waals surface area contributed by atoms with Crippen molar-refractivity contribution in [3.05, 3.63) is 76.6 Å². The number of rotatable bonds is 6. The summed E-state index contributed by atoms with van der Waals surface area (Å²) in [4.78, 5) is 12.0. The van der Waals surface area contributed by atoms with E-state index in [2.05, 4.69) is 15.5 Å². The lowest BCUT2D eigenvalue weighted by atomic mass is 10.2. The molecule has 0 unspecified atom stereocenters. The Morgan fingerprint density at radius 2 is 1.73 bits per heavy atom. The number of hydrogen-bond donors (Lipinski definition) is 1. The molecule has 1 heterocycles. The molecule has 0 aliphatic rings. The maximum atomic E-state index is 12.4. The van der Waals surface area contributed by atoms with Gasteiger partial charge in [-0.2, -0.15) is 0 Å². The van der Waals surface area contributed by atoms with Crippen LogP contribution in [0.25, 0.3) is 0 Å². The zero-order chi connectivity index (χ0) is 18.6. The molecule has 0 fully saturated rings. The number of carbonyl (C=O) groups is 1. The number of amides is 1. The third-order valence-electron chi connectivity index (χ3n) is 3.45. The van der Waals surface area contributed by atoms with Crippen LogP contribution in [0.4, 0.5) is 0 Å². The van der Waals surface area contributed by atoms with Crippen LogP contribution in [0.2, 0.25) is 5.02 Å². The van der Waals surface area contributed by atoms with Crippen LogP contribution in [0.3, 0.4) is 0 Å². The van der Waals surface area contributed by atoms with Crippen molar-refractivity contribution in [2.45, 2.75) is 17.5 Å². The molecule has 3 rings (SSSR count). The Balaban J connectivity index is 1.67. The predicted molar refractivity (Wildman–Crippen MR) is 94.3 cm³/mol. The monoisotopic (exact) mass is 391 g/mol. The molecule has 1 aromatic heterocycles. The number of aromatic nitrogens is 2. The molecule has 134 valence electrons. The zero-order valence-corrected chi connectivity index (χ0v) is 15.0. The minimum Gasteiger partial charge on any atom is -0.411 e. The van der Waals surface area contributed by atoms with E-state index in [1.807, 2.05) is 0 Å². The summed E-state index contributed by atoms with van der Waals surface area (Å²) in [5, 5.41) is 9.65. The first kappa shape index (κ1) is 18.1. The lowest BCUT2D eigenvalue weighted by molar-refractivity contribution is 0.0946. The third kappa shape index (κ3) is 4.27. The fourth-order valence-corrected chi connectivity index (χ4v) is 3.62. The van der Waals surface area contributed by atoms with E-state index in [4.69, 9.17) is 16.0 Å². The fourth-order valence-electron chi connectivity index (χ4n) is 2.16. The molecular formula is C17H14ClN3O4S. The van der Waals surface area contributed by atoms with Gasteiger partial charge in [0.1, 0.15) is 0 Å². The first-order valence-corrected chi connectivity index (χ1v) is 9.60. The molecule has 0 bridgehead atoms. The van der Waals surface area contributed by atoms with E-state index in [1.165, 1.54) is 0 Å². The largest absolute Gasteiger partial charge is 0.411 e. The molecule has 0 spiro atoms. The second kappa shape index (κ2) is 7.67. The summed E-state index contributed by atoms with van der Waals surface area (Å²) in [6.45, 7) is -0.0810. The quantitative estimate of drug-likeness (QED) is 0.693. The van der Waals surface area contributed by atoms with E-state index in [0.29, 0.717) is 16.1 Å². The van der Waals surface area contributed by atoms with Crippen LogP contribution in [0.5, 0.6) is 0 Å².